The largest absolute Gasteiger partial charge is 0.493 e. The van der Waals surface area contributed by atoms with Crippen molar-refractivity contribution in [2.24, 2.45) is 0 Å². The molecule has 0 unspecified atom stereocenters. The van der Waals surface area contributed by atoms with E-state index in [2.05, 4.69) is 0 Å². The van der Waals surface area contributed by atoms with E-state index in [1.165, 1.54) is 0 Å². The zero-order valence-corrected chi connectivity index (χ0v) is 8.74. The topological polar surface area (TPSA) is 14.2 Å². The lowest BCUT2D eigenvalue weighted by molar-refractivity contribution is 0.344. The van der Waals surface area contributed by atoms with Crippen molar-refractivity contribution in [2.75, 3.05) is 13.3 Å². The predicted molar refractivity (Wildman–Crippen MR) is 59.1 cm³/mol. The summed E-state index contributed by atoms with van der Waals surface area (Å²) in [7, 11) is 0. The van der Waals surface area contributed by atoms with Crippen molar-refractivity contribution in [3.8, 4) is 5.75 Å². The molecule has 0 saturated heterocycles. The summed E-state index contributed by atoms with van der Waals surface area (Å²) in [5.41, 5.74) is 1.03. The first-order valence-electron chi connectivity index (χ1n) is 5.13. The summed E-state index contributed by atoms with van der Waals surface area (Å²) in [5, 5.41) is 1.05. The highest BCUT2D eigenvalue weighted by atomic mass is 19.1. The third-order valence-electron chi connectivity index (χ3n) is 2.40. The Morgan fingerprint density at radius 2 is 2.20 bits per heavy atom. The fourth-order valence-corrected chi connectivity index (χ4v) is 1.76. The van der Waals surface area contributed by atoms with Crippen molar-refractivity contribution in [3.63, 3.8) is 0 Å². The van der Waals surface area contributed by atoms with Crippen LogP contribution >= 0.6 is 0 Å². The molecular weight excluding hydrogens is 193 g/mol. The van der Waals surface area contributed by atoms with Gasteiger partial charge in [-0.3, -0.25) is 0 Å². The molecule has 0 fully saturated rings. The molecular formula is C12H14FNO. The number of aryl methyl sites for hydroxylation is 1. The van der Waals surface area contributed by atoms with Gasteiger partial charge in [-0.2, -0.15) is 0 Å². The Kier molecular flexibility index (Phi) is 2.90. The fraction of sp³-hybridized carbons (Fsp3) is 0.333. The molecule has 0 N–H and O–H groups in total. The van der Waals surface area contributed by atoms with Crippen molar-refractivity contribution in [1.82, 2.24) is 4.57 Å². The van der Waals surface area contributed by atoms with Crippen LogP contribution in [0.15, 0.2) is 30.5 Å². The van der Waals surface area contributed by atoms with E-state index >= 15 is 0 Å². The van der Waals surface area contributed by atoms with Gasteiger partial charge in [-0.15, -0.1) is 0 Å². The second-order valence-corrected chi connectivity index (χ2v) is 3.32. The van der Waals surface area contributed by atoms with Gasteiger partial charge >= 0.3 is 0 Å². The zero-order valence-electron chi connectivity index (χ0n) is 8.74. The standard InChI is InChI=1S/C12H14FNO/c1-2-15-12-5-3-4-11-10(12)6-8-14(11)9-7-13/h3-6,8H,2,7,9H2,1H3. The van der Waals surface area contributed by atoms with Crippen LogP contribution in [0, 0.1) is 0 Å². The summed E-state index contributed by atoms with van der Waals surface area (Å²) in [4.78, 5) is 0. The van der Waals surface area contributed by atoms with Gasteiger partial charge in [0.2, 0.25) is 0 Å². The van der Waals surface area contributed by atoms with Gasteiger partial charge in [-0.1, -0.05) is 6.07 Å². The van der Waals surface area contributed by atoms with Crippen molar-refractivity contribution in [3.05, 3.63) is 30.5 Å². The van der Waals surface area contributed by atoms with Gasteiger partial charge < -0.3 is 9.30 Å². The molecule has 1 aromatic carbocycles. The minimum absolute atomic E-state index is 0.345. The molecule has 3 heteroatoms. The fourth-order valence-electron chi connectivity index (χ4n) is 1.76. The van der Waals surface area contributed by atoms with E-state index in [1.807, 2.05) is 42.0 Å². The molecule has 0 radical (unpaired) electrons. The van der Waals surface area contributed by atoms with Crippen LogP contribution in [-0.2, 0) is 6.54 Å². The first-order chi connectivity index (χ1) is 7.36. The van der Waals surface area contributed by atoms with Crippen molar-refractivity contribution < 1.29 is 9.13 Å². The van der Waals surface area contributed by atoms with Crippen LogP contribution in [-0.4, -0.2) is 17.8 Å². The molecule has 2 nitrogen and oxygen atoms in total. The first kappa shape index (κ1) is 10.0. The second kappa shape index (κ2) is 4.34. The molecule has 1 heterocycles. The van der Waals surface area contributed by atoms with Crippen LogP contribution in [0.2, 0.25) is 0 Å². The number of rotatable bonds is 4. The molecule has 0 saturated carbocycles. The predicted octanol–water partition coefficient (Wildman–Crippen LogP) is 3.01. The number of hydrogen-bond donors (Lipinski definition) is 0. The SMILES string of the molecule is CCOc1cccc2c1ccn2CCF. The van der Waals surface area contributed by atoms with Gasteiger partial charge in [-0.05, 0) is 25.1 Å². The number of nitrogens with zero attached hydrogens (tertiary/aromatic N) is 1. The van der Waals surface area contributed by atoms with E-state index in [0.29, 0.717) is 13.2 Å². The maximum absolute atomic E-state index is 12.3. The van der Waals surface area contributed by atoms with Gasteiger partial charge in [-0.25, -0.2) is 4.39 Å². The van der Waals surface area contributed by atoms with Gasteiger partial charge in [0, 0.05) is 11.6 Å². The number of alkyl halides is 1. The number of hydrogen-bond acceptors (Lipinski definition) is 1. The van der Waals surface area contributed by atoms with E-state index in [9.17, 15) is 4.39 Å². The molecule has 0 spiro atoms. The van der Waals surface area contributed by atoms with Crippen LogP contribution in [0.3, 0.4) is 0 Å². The van der Waals surface area contributed by atoms with Crippen molar-refractivity contribution in [1.29, 1.82) is 0 Å². The minimum atomic E-state index is -0.345. The Labute approximate surface area is 88.3 Å². The Balaban J connectivity index is 2.48. The maximum atomic E-state index is 12.3. The third kappa shape index (κ3) is 1.82. The molecule has 0 amide bonds. The highest BCUT2D eigenvalue weighted by Crippen LogP contribution is 2.26. The summed E-state index contributed by atoms with van der Waals surface area (Å²) < 4.78 is 19.7. The Morgan fingerprint density at radius 3 is 2.93 bits per heavy atom. The third-order valence-corrected chi connectivity index (χ3v) is 2.40. The van der Waals surface area contributed by atoms with Gasteiger partial charge in [0.05, 0.1) is 18.7 Å². The van der Waals surface area contributed by atoms with Crippen molar-refractivity contribution in [2.45, 2.75) is 13.5 Å². The molecule has 2 aromatic rings. The summed E-state index contributed by atoms with van der Waals surface area (Å²) in [6, 6.07) is 7.82. The number of aromatic nitrogens is 1. The molecule has 0 bridgehead atoms. The van der Waals surface area contributed by atoms with Crippen LogP contribution in [0.25, 0.3) is 10.9 Å². The molecule has 15 heavy (non-hydrogen) atoms. The zero-order chi connectivity index (χ0) is 10.7. The van der Waals surface area contributed by atoms with Crippen molar-refractivity contribution >= 4 is 10.9 Å². The molecule has 0 aliphatic heterocycles. The van der Waals surface area contributed by atoms with Gasteiger partial charge in [0.1, 0.15) is 12.4 Å². The summed E-state index contributed by atoms with van der Waals surface area (Å²) in [5.74, 6) is 0.868. The Morgan fingerprint density at radius 1 is 1.33 bits per heavy atom. The van der Waals surface area contributed by atoms with Crippen LogP contribution in [0.4, 0.5) is 4.39 Å². The second-order valence-electron chi connectivity index (χ2n) is 3.32. The lowest BCUT2D eigenvalue weighted by atomic mass is 10.2. The van der Waals surface area contributed by atoms with E-state index in [-0.39, 0.29) is 6.67 Å². The van der Waals surface area contributed by atoms with Crippen LogP contribution in [0.1, 0.15) is 6.92 Å². The average molecular weight is 207 g/mol. The summed E-state index contributed by atoms with van der Waals surface area (Å²) in [6.45, 7) is 2.66. The molecule has 1 aromatic heterocycles. The minimum Gasteiger partial charge on any atom is -0.493 e. The van der Waals surface area contributed by atoms with Crippen LogP contribution in [0.5, 0.6) is 5.75 Å². The van der Waals surface area contributed by atoms with Gasteiger partial charge in [0.15, 0.2) is 0 Å². The Bertz CT molecular complexity index is 450. The molecule has 2 rings (SSSR count). The summed E-state index contributed by atoms with van der Waals surface area (Å²) >= 11 is 0. The number of halogens is 1. The molecule has 80 valence electrons. The van der Waals surface area contributed by atoms with E-state index in [0.717, 1.165) is 16.7 Å². The lowest BCUT2D eigenvalue weighted by Crippen LogP contribution is -1.97. The van der Waals surface area contributed by atoms with E-state index < -0.39 is 0 Å². The van der Waals surface area contributed by atoms with E-state index in [1.54, 1.807) is 0 Å². The summed E-state index contributed by atoms with van der Waals surface area (Å²) in [6.07, 6.45) is 1.90. The lowest BCUT2D eigenvalue weighted by Gasteiger charge is -2.06. The highest BCUT2D eigenvalue weighted by molar-refractivity contribution is 5.86. The molecule has 0 aliphatic carbocycles. The number of benzene rings is 1. The monoisotopic (exact) mass is 207 g/mol. The number of fused-ring (bicyclic) bond motifs is 1. The maximum Gasteiger partial charge on any atom is 0.128 e. The smallest absolute Gasteiger partial charge is 0.128 e. The number of ether oxygens (including phenoxy) is 1. The average Bonchev–Trinajstić information content (AvgIpc) is 2.64. The molecule has 0 aliphatic rings. The Hall–Kier alpha value is -1.51. The van der Waals surface area contributed by atoms with E-state index in [4.69, 9.17) is 4.74 Å². The van der Waals surface area contributed by atoms with Gasteiger partial charge in [0.25, 0.3) is 0 Å². The van der Waals surface area contributed by atoms with Crippen LogP contribution < -0.4 is 4.74 Å². The first-order valence-corrected chi connectivity index (χ1v) is 5.13. The highest BCUT2D eigenvalue weighted by Gasteiger charge is 2.05. The molecule has 0 atom stereocenters. The normalized spacial score (nSPS) is 10.8. The quantitative estimate of drug-likeness (QED) is 0.751.